The molecule has 0 heterocycles. The summed E-state index contributed by atoms with van der Waals surface area (Å²) in [6, 6.07) is -0.847. The lowest BCUT2D eigenvalue weighted by atomic mass is 10.0. The van der Waals surface area contributed by atoms with E-state index >= 15 is 0 Å². The van der Waals surface area contributed by atoms with Crippen LogP contribution in [0.3, 0.4) is 0 Å². The van der Waals surface area contributed by atoms with Crippen molar-refractivity contribution in [3.8, 4) is 0 Å². The lowest BCUT2D eigenvalue weighted by Gasteiger charge is -2.26. The van der Waals surface area contributed by atoms with Crippen molar-refractivity contribution in [3.05, 3.63) is 0 Å². The van der Waals surface area contributed by atoms with Crippen molar-refractivity contribution in [1.82, 2.24) is 5.32 Å². The first kappa shape index (κ1) is 10.2. The summed E-state index contributed by atoms with van der Waals surface area (Å²) >= 11 is 0. The highest BCUT2D eigenvalue weighted by Crippen LogP contribution is 2.07. The predicted molar refractivity (Wildman–Crippen MR) is 38.3 cm³/mol. The predicted octanol–water partition coefficient (Wildman–Crippen LogP) is -0.614. The van der Waals surface area contributed by atoms with Crippen molar-refractivity contribution in [2.45, 2.75) is 25.5 Å². The highest BCUT2D eigenvalue weighted by Gasteiger charge is 2.27. The summed E-state index contributed by atoms with van der Waals surface area (Å²) in [5.74, 6) is 0. The van der Waals surface area contributed by atoms with Crippen molar-refractivity contribution in [2.24, 2.45) is 0 Å². The van der Waals surface area contributed by atoms with Crippen molar-refractivity contribution >= 4 is 6.09 Å². The highest BCUT2D eigenvalue weighted by molar-refractivity contribution is 5.65. The lowest BCUT2D eigenvalue weighted by Crippen LogP contribution is -2.51. The SMILES string of the molecule is CC(C)(O)C(CO)NC(=O)O. The second-order valence-corrected chi connectivity index (χ2v) is 2.84. The van der Waals surface area contributed by atoms with Crippen molar-refractivity contribution in [3.63, 3.8) is 0 Å². The number of hydrogen-bond donors (Lipinski definition) is 4. The second-order valence-electron chi connectivity index (χ2n) is 2.84. The Morgan fingerprint density at radius 2 is 2.09 bits per heavy atom. The van der Waals surface area contributed by atoms with E-state index in [-0.39, 0.29) is 0 Å². The molecule has 1 amide bonds. The van der Waals surface area contributed by atoms with Crippen LogP contribution in [-0.4, -0.2) is 39.7 Å². The minimum absolute atomic E-state index is 0.421. The molecule has 5 heteroatoms. The zero-order chi connectivity index (χ0) is 9.07. The number of hydrogen-bond acceptors (Lipinski definition) is 3. The minimum Gasteiger partial charge on any atom is -0.465 e. The summed E-state index contributed by atoms with van der Waals surface area (Å²) in [5.41, 5.74) is -1.24. The summed E-state index contributed by atoms with van der Waals surface area (Å²) in [4.78, 5) is 10.1. The first-order chi connectivity index (χ1) is 4.88. The fraction of sp³-hybridized carbons (Fsp3) is 0.833. The number of nitrogens with one attached hydrogen (secondary N) is 1. The zero-order valence-electron chi connectivity index (χ0n) is 6.53. The van der Waals surface area contributed by atoms with Gasteiger partial charge in [0.25, 0.3) is 0 Å². The van der Waals surface area contributed by atoms with Gasteiger partial charge in [0.2, 0.25) is 0 Å². The maximum atomic E-state index is 10.1. The van der Waals surface area contributed by atoms with Crippen molar-refractivity contribution < 1.29 is 20.1 Å². The maximum Gasteiger partial charge on any atom is 0.405 e. The average molecular weight is 163 g/mol. The first-order valence-electron chi connectivity index (χ1n) is 3.20. The van der Waals surface area contributed by atoms with E-state index in [1.807, 2.05) is 5.32 Å². The number of amides is 1. The molecule has 0 aromatic heterocycles. The van der Waals surface area contributed by atoms with E-state index < -0.39 is 24.3 Å². The molecule has 0 fully saturated rings. The summed E-state index contributed by atoms with van der Waals surface area (Å²) in [6.45, 7) is 2.42. The van der Waals surface area contributed by atoms with Crippen LogP contribution in [0.1, 0.15) is 13.8 Å². The summed E-state index contributed by atoms with van der Waals surface area (Å²) in [7, 11) is 0. The van der Waals surface area contributed by atoms with Gasteiger partial charge in [0.1, 0.15) is 0 Å². The summed E-state index contributed by atoms with van der Waals surface area (Å²) in [5, 5.41) is 28.1. The Bertz CT molecular complexity index is 140. The Labute approximate surface area is 64.7 Å². The molecular formula is C6H13NO4. The molecule has 0 spiro atoms. The van der Waals surface area contributed by atoms with Crippen LogP contribution in [0.25, 0.3) is 0 Å². The second kappa shape index (κ2) is 3.54. The Morgan fingerprint density at radius 3 is 2.18 bits per heavy atom. The molecule has 0 aromatic rings. The topological polar surface area (TPSA) is 89.8 Å². The molecule has 0 radical (unpaired) electrons. The molecule has 11 heavy (non-hydrogen) atoms. The first-order valence-corrected chi connectivity index (χ1v) is 3.20. The number of carbonyl (C=O) groups is 1. The Hall–Kier alpha value is -0.810. The molecule has 4 N–H and O–H groups in total. The molecule has 0 bridgehead atoms. The summed E-state index contributed by atoms with van der Waals surface area (Å²) in [6.07, 6.45) is -1.26. The number of rotatable bonds is 3. The molecule has 5 nitrogen and oxygen atoms in total. The minimum atomic E-state index is -1.26. The number of carboxylic acid groups (broad SMARTS) is 1. The van der Waals surface area contributed by atoms with Gasteiger partial charge >= 0.3 is 6.09 Å². The third-order valence-corrected chi connectivity index (χ3v) is 1.33. The molecular weight excluding hydrogens is 150 g/mol. The van der Waals surface area contributed by atoms with Crippen LogP contribution in [0.4, 0.5) is 4.79 Å². The van der Waals surface area contributed by atoms with Crippen LogP contribution < -0.4 is 5.32 Å². The third kappa shape index (κ3) is 3.79. The number of aliphatic hydroxyl groups is 2. The van der Waals surface area contributed by atoms with Gasteiger partial charge in [-0.1, -0.05) is 0 Å². The van der Waals surface area contributed by atoms with Crippen LogP contribution in [0, 0.1) is 0 Å². The highest BCUT2D eigenvalue weighted by atomic mass is 16.4. The normalized spacial score (nSPS) is 14.2. The van der Waals surface area contributed by atoms with Crippen LogP contribution >= 0.6 is 0 Å². The van der Waals surface area contributed by atoms with E-state index in [0.717, 1.165) is 0 Å². The molecule has 0 aromatic carbocycles. The molecule has 0 saturated heterocycles. The van der Waals surface area contributed by atoms with Crippen LogP contribution in [0.15, 0.2) is 0 Å². The van der Waals surface area contributed by atoms with Gasteiger partial charge in [-0.15, -0.1) is 0 Å². The van der Waals surface area contributed by atoms with Gasteiger partial charge in [0.05, 0.1) is 18.2 Å². The molecule has 0 saturated carbocycles. The van der Waals surface area contributed by atoms with Crippen LogP contribution in [-0.2, 0) is 0 Å². The molecule has 1 unspecified atom stereocenters. The molecule has 0 aliphatic carbocycles. The smallest absolute Gasteiger partial charge is 0.405 e. The monoisotopic (exact) mass is 163 g/mol. The Morgan fingerprint density at radius 1 is 1.64 bits per heavy atom. The Kier molecular flexibility index (Phi) is 3.28. The van der Waals surface area contributed by atoms with E-state index in [1.165, 1.54) is 13.8 Å². The van der Waals surface area contributed by atoms with Gasteiger partial charge in [0.15, 0.2) is 0 Å². The molecule has 0 aliphatic rings. The Balaban J connectivity index is 4.07. The maximum absolute atomic E-state index is 10.1. The summed E-state index contributed by atoms with van der Waals surface area (Å²) < 4.78 is 0. The van der Waals surface area contributed by atoms with E-state index in [1.54, 1.807) is 0 Å². The van der Waals surface area contributed by atoms with E-state index in [2.05, 4.69) is 0 Å². The lowest BCUT2D eigenvalue weighted by molar-refractivity contribution is 0.0157. The van der Waals surface area contributed by atoms with E-state index in [9.17, 15) is 9.90 Å². The van der Waals surface area contributed by atoms with Gasteiger partial charge in [-0.25, -0.2) is 4.79 Å². The van der Waals surface area contributed by atoms with Crippen molar-refractivity contribution in [1.29, 1.82) is 0 Å². The number of aliphatic hydroxyl groups excluding tert-OH is 1. The average Bonchev–Trinajstić information content (AvgIpc) is 1.79. The van der Waals surface area contributed by atoms with Gasteiger partial charge in [0, 0.05) is 0 Å². The van der Waals surface area contributed by atoms with Crippen LogP contribution in [0.5, 0.6) is 0 Å². The molecule has 1 atom stereocenters. The third-order valence-electron chi connectivity index (χ3n) is 1.33. The van der Waals surface area contributed by atoms with Crippen molar-refractivity contribution in [2.75, 3.05) is 6.61 Å². The van der Waals surface area contributed by atoms with Gasteiger partial charge < -0.3 is 20.6 Å². The largest absolute Gasteiger partial charge is 0.465 e. The fourth-order valence-electron chi connectivity index (χ4n) is 0.595. The van der Waals surface area contributed by atoms with E-state index in [0.29, 0.717) is 0 Å². The van der Waals surface area contributed by atoms with Gasteiger partial charge in [-0.2, -0.15) is 0 Å². The standard InChI is InChI=1S/C6H13NO4/c1-6(2,11)4(3-8)7-5(9)10/h4,7-8,11H,3H2,1-2H3,(H,9,10). The van der Waals surface area contributed by atoms with E-state index in [4.69, 9.17) is 10.2 Å². The zero-order valence-corrected chi connectivity index (χ0v) is 6.53. The molecule has 66 valence electrons. The molecule has 0 rings (SSSR count). The van der Waals surface area contributed by atoms with Gasteiger partial charge in [-0.3, -0.25) is 0 Å². The molecule has 0 aliphatic heterocycles. The van der Waals surface area contributed by atoms with Crippen LogP contribution in [0.2, 0.25) is 0 Å². The fourth-order valence-corrected chi connectivity index (χ4v) is 0.595. The quantitative estimate of drug-likeness (QED) is 0.446. The van der Waals surface area contributed by atoms with Gasteiger partial charge in [-0.05, 0) is 13.8 Å².